The number of fused-ring (bicyclic) bond motifs is 3. The third kappa shape index (κ3) is 6.02. The summed E-state index contributed by atoms with van der Waals surface area (Å²) in [7, 11) is 0. The van der Waals surface area contributed by atoms with Crippen molar-refractivity contribution in [2.45, 2.75) is 25.5 Å². The number of hydrogen-bond donors (Lipinski definition) is 0. The molecule has 2 heterocycles. The van der Waals surface area contributed by atoms with Crippen LogP contribution in [0.25, 0.3) is 11.8 Å². The summed E-state index contributed by atoms with van der Waals surface area (Å²) in [4.78, 5) is 41.5. The fourth-order valence-corrected chi connectivity index (χ4v) is 9.08. The maximum atomic E-state index is 14.2. The van der Waals surface area contributed by atoms with Gasteiger partial charge in [-0.25, -0.2) is 4.99 Å². The highest BCUT2D eigenvalue weighted by Gasteiger charge is 2.33. The van der Waals surface area contributed by atoms with Gasteiger partial charge in [0.1, 0.15) is 12.4 Å². The fourth-order valence-electron chi connectivity index (χ4n) is 5.95. The Balaban J connectivity index is 1.29. The largest absolute Gasteiger partial charge is 0.487 e. The summed E-state index contributed by atoms with van der Waals surface area (Å²) in [6, 6.07) is 24.2. The Morgan fingerprint density at radius 3 is 2.36 bits per heavy atom. The number of ether oxygens (including phenoxy) is 1. The Kier molecular flexibility index (Phi) is 8.52. The van der Waals surface area contributed by atoms with E-state index in [0.29, 0.717) is 27.1 Å². The van der Waals surface area contributed by atoms with Crippen LogP contribution in [0.2, 0.25) is 0 Å². The molecule has 0 radical (unpaired) electrons. The summed E-state index contributed by atoms with van der Waals surface area (Å²) < 4.78 is 9.96. The Labute approximate surface area is 298 Å². The van der Waals surface area contributed by atoms with Crippen molar-refractivity contribution in [3.63, 3.8) is 0 Å². The van der Waals surface area contributed by atoms with E-state index in [4.69, 9.17) is 9.73 Å². The van der Waals surface area contributed by atoms with E-state index in [2.05, 4.69) is 51.2 Å². The van der Waals surface area contributed by atoms with Gasteiger partial charge in [0.25, 0.3) is 16.9 Å². The second-order valence-corrected chi connectivity index (χ2v) is 14.3. The van der Waals surface area contributed by atoms with Crippen LogP contribution in [-0.2, 0) is 13.0 Å². The highest BCUT2D eigenvalue weighted by molar-refractivity contribution is 14.1. The van der Waals surface area contributed by atoms with Crippen molar-refractivity contribution in [3.8, 4) is 5.75 Å². The van der Waals surface area contributed by atoms with E-state index in [0.717, 1.165) is 41.5 Å². The molecule has 7 rings (SSSR count). The van der Waals surface area contributed by atoms with Crippen molar-refractivity contribution in [1.29, 1.82) is 0 Å². The average Bonchev–Trinajstić information content (AvgIpc) is 3.37. The summed E-state index contributed by atoms with van der Waals surface area (Å²) in [6.45, 7) is 0.243. The molecular formula is C34H22I2N4O6S. The molecule has 0 spiro atoms. The van der Waals surface area contributed by atoms with E-state index in [1.807, 2.05) is 42.5 Å². The Morgan fingerprint density at radius 1 is 0.915 bits per heavy atom. The number of halogens is 2. The maximum absolute atomic E-state index is 14.2. The second-order valence-electron chi connectivity index (χ2n) is 11.0. The van der Waals surface area contributed by atoms with Crippen molar-refractivity contribution in [2.75, 3.05) is 0 Å². The van der Waals surface area contributed by atoms with Crippen LogP contribution in [0.4, 0.5) is 11.4 Å². The first-order chi connectivity index (χ1) is 22.7. The molecule has 0 bridgehead atoms. The number of rotatable bonds is 7. The zero-order valence-corrected chi connectivity index (χ0v) is 29.4. The highest BCUT2D eigenvalue weighted by Crippen LogP contribution is 2.41. The zero-order chi connectivity index (χ0) is 32.8. The molecule has 13 heteroatoms. The molecule has 0 fully saturated rings. The Bertz CT molecular complexity index is 2310. The van der Waals surface area contributed by atoms with Gasteiger partial charge in [0.05, 0.1) is 33.3 Å². The lowest BCUT2D eigenvalue weighted by Crippen LogP contribution is -2.38. The van der Waals surface area contributed by atoms with E-state index in [-0.39, 0.29) is 23.5 Å². The van der Waals surface area contributed by atoms with E-state index < -0.39 is 15.9 Å². The van der Waals surface area contributed by atoms with Gasteiger partial charge in [0.15, 0.2) is 4.80 Å². The quantitative estimate of drug-likeness (QED) is 0.0993. The number of nitrogens with zero attached hydrogens (tertiary/aromatic N) is 4. The molecule has 1 aliphatic carbocycles. The Morgan fingerprint density at radius 2 is 1.64 bits per heavy atom. The average molecular weight is 868 g/mol. The smallest absolute Gasteiger partial charge is 0.271 e. The molecule has 5 aromatic rings. The summed E-state index contributed by atoms with van der Waals surface area (Å²) in [5, 5.41) is 22.7. The number of nitro benzene ring substituents is 2. The van der Waals surface area contributed by atoms with Crippen molar-refractivity contribution in [2.24, 2.45) is 4.99 Å². The number of nitro groups is 2. The van der Waals surface area contributed by atoms with Crippen LogP contribution < -0.4 is 19.6 Å². The van der Waals surface area contributed by atoms with Crippen molar-refractivity contribution in [3.05, 3.63) is 165 Å². The minimum absolute atomic E-state index is 0.0222. The van der Waals surface area contributed by atoms with Crippen LogP contribution in [0, 0.1) is 27.4 Å². The summed E-state index contributed by atoms with van der Waals surface area (Å²) in [5.74, 6) is 0.681. The lowest BCUT2D eigenvalue weighted by atomic mass is 9.83. The van der Waals surface area contributed by atoms with E-state index in [1.54, 1.807) is 28.8 Å². The highest BCUT2D eigenvalue weighted by atomic mass is 127. The third-order valence-corrected chi connectivity index (χ3v) is 10.7. The van der Waals surface area contributed by atoms with E-state index >= 15 is 0 Å². The van der Waals surface area contributed by atoms with Crippen molar-refractivity contribution >= 4 is 79.7 Å². The number of non-ortho nitro benzene ring substituents is 2. The minimum atomic E-state index is -0.521. The molecule has 0 N–H and O–H groups in total. The minimum Gasteiger partial charge on any atom is -0.487 e. The van der Waals surface area contributed by atoms with Gasteiger partial charge in [-0.3, -0.25) is 29.6 Å². The molecular weight excluding hydrogens is 846 g/mol. The number of aryl methyl sites for hydroxylation is 1. The molecule has 0 saturated heterocycles. The van der Waals surface area contributed by atoms with Crippen LogP contribution in [-0.4, -0.2) is 14.4 Å². The molecule has 47 heavy (non-hydrogen) atoms. The SMILES string of the molecule is O=c1c(=Cc2cc(I)c(OCc3ccc([N+](=O)[O-])cc3)c(I)c2)sc2n1C(c1cccc([N+](=O)[O-])c1)C1=C(N=2)c2ccccc2CC1. The summed E-state index contributed by atoms with van der Waals surface area (Å²) >= 11 is 5.70. The molecule has 234 valence electrons. The van der Waals surface area contributed by atoms with Gasteiger partial charge in [-0.05, 0) is 116 Å². The summed E-state index contributed by atoms with van der Waals surface area (Å²) in [5.41, 5.74) is 6.09. The van der Waals surface area contributed by atoms with E-state index in [9.17, 15) is 25.0 Å². The van der Waals surface area contributed by atoms with Crippen molar-refractivity contribution in [1.82, 2.24) is 4.57 Å². The van der Waals surface area contributed by atoms with Gasteiger partial charge in [0, 0.05) is 29.8 Å². The fraction of sp³-hybridized carbons (Fsp3) is 0.118. The number of thiazole rings is 1. The normalized spacial score (nSPS) is 15.4. The van der Waals surface area contributed by atoms with Crippen LogP contribution in [0.1, 0.15) is 40.3 Å². The van der Waals surface area contributed by atoms with Crippen LogP contribution in [0.3, 0.4) is 0 Å². The monoisotopic (exact) mass is 868 g/mol. The van der Waals surface area contributed by atoms with Crippen LogP contribution >= 0.6 is 56.5 Å². The molecule has 10 nitrogen and oxygen atoms in total. The predicted molar refractivity (Wildman–Crippen MR) is 195 cm³/mol. The molecule has 0 saturated carbocycles. The van der Waals surface area contributed by atoms with Gasteiger partial charge < -0.3 is 4.74 Å². The lowest BCUT2D eigenvalue weighted by molar-refractivity contribution is -0.385. The standard InChI is InChI=1S/C34H22I2N4O6S/c35-27-14-20(15-28(36)32(27)46-18-19-8-11-23(12-9-19)39(42)43)16-29-33(41)38-31(22-5-3-6-24(17-22)40(44)45)26-13-10-21-4-1-2-7-25(21)30(26)37-34(38)47-29/h1-9,11-12,14-17,31H,10,13,18H2. The van der Waals surface area contributed by atoms with E-state index in [1.165, 1.54) is 35.1 Å². The number of benzene rings is 4. The van der Waals surface area contributed by atoms with Gasteiger partial charge >= 0.3 is 0 Å². The number of aromatic nitrogens is 1. The lowest BCUT2D eigenvalue weighted by Gasteiger charge is -2.30. The molecule has 1 atom stereocenters. The summed E-state index contributed by atoms with van der Waals surface area (Å²) in [6.07, 6.45) is 3.32. The van der Waals surface area contributed by atoms with Gasteiger partial charge in [-0.15, -0.1) is 0 Å². The number of hydrogen-bond acceptors (Lipinski definition) is 8. The molecule has 1 aliphatic heterocycles. The third-order valence-electron chi connectivity index (χ3n) is 8.12. The van der Waals surface area contributed by atoms with Gasteiger partial charge in [0.2, 0.25) is 0 Å². The van der Waals surface area contributed by atoms with Gasteiger partial charge in [-0.2, -0.15) is 0 Å². The zero-order valence-electron chi connectivity index (χ0n) is 24.3. The van der Waals surface area contributed by atoms with Gasteiger partial charge in [-0.1, -0.05) is 47.7 Å². The molecule has 1 aromatic heterocycles. The second kappa shape index (κ2) is 12.8. The van der Waals surface area contributed by atoms with Crippen molar-refractivity contribution < 1.29 is 14.6 Å². The molecule has 4 aromatic carbocycles. The predicted octanol–water partition coefficient (Wildman–Crippen LogP) is 6.92. The number of allylic oxidation sites excluding steroid dienone is 1. The Hall–Kier alpha value is -4.22. The first kappa shape index (κ1) is 31.4. The molecule has 2 aliphatic rings. The first-order valence-corrected chi connectivity index (χ1v) is 17.4. The van der Waals surface area contributed by atoms with Crippen LogP contribution in [0.15, 0.2) is 100 Å². The van der Waals surface area contributed by atoms with Crippen LogP contribution in [0.5, 0.6) is 5.75 Å². The maximum Gasteiger partial charge on any atom is 0.271 e. The molecule has 1 unspecified atom stereocenters. The molecule has 0 amide bonds. The first-order valence-electron chi connectivity index (χ1n) is 14.4. The topological polar surface area (TPSA) is 130 Å².